The Morgan fingerprint density at radius 1 is 1.00 bits per heavy atom. The minimum absolute atomic E-state index is 0.255. The Balaban J connectivity index is 2.04. The third-order valence-corrected chi connectivity index (χ3v) is 4.96. The first-order chi connectivity index (χ1) is 14.0. The van der Waals surface area contributed by atoms with Crippen LogP contribution in [-0.4, -0.2) is 28.2 Å². The summed E-state index contributed by atoms with van der Waals surface area (Å²) in [5.41, 5.74) is 8.44. The Labute approximate surface area is 171 Å². The molecule has 7 heteroatoms. The molecule has 4 rings (SSSR count). The van der Waals surface area contributed by atoms with E-state index < -0.39 is 18.5 Å². The molecule has 1 heterocycles. The number of rotatable bonds is 5. The molecule has 1 aromatic heterocycles. The molecule has 4 aromatic rings. The zero-order valence-corrected chi connectivity index (χ0v) is 16.0. The Morgan fingerprint density at radius 3 is 2.38 bits per heavy atom. The molecule has 1 amide bonds. The average molecular weight is 409 g/mol. The second-order valence-electron chi connectivity index (χ2n) is 6.56. The van der Waals surface area contributed by atoms with E-state index >= 15 is 0 Å². The standard InChI is InChI=1S/C22H17ClN2O4/c23-14-5-1-4-13(10-14)11-25-16-7-2-6-15(22(24)28)20(16)21-17(25)8-3-9-18(21)29-19(27)12-26/h1-10,26H,11-12H2,(H2,24,28). The third-order valence-electron chi connectivity index (χ3n) is 4.73. The van der Waals surface area contributed by atoms with E-state index in [1.807, 2.05) is 34.9 Å². The fourth-order valence-electron chi connectivity index (χ4n) is 3.59. The molecule has 29 heavy (non-hydrogen) atoms. The Hall–Kier alpha value is -3.35. The van der Waals surface area contributed by atoms with Crippen LogP contribution in [0.15, 0.2) is 60.7 Å². The molecule has 0 aliphatic rings. The molecule has 0 unspecified atom stereocenters. The highest BCUT2D eigenvalue weighted by Gasteiger charge is 2.20. The highest BCUT2D eigenvalue weighted by atomic mass is 35.5. The van der Waals surface area contributed by atoms with Gasteiger partial charge in [0.2, 0.25) is 5.91 Å². The van der Waals surface area contributed by atoms with Crippen LogP contribution in [0.5, 0.6) is 5.75 Å². The van der Waals surface area contributed by atoms with Gasteiger partial charge < -0.3 is 20.1 Å². The summed E-state index contributed by atoms with van der Waals surface area (Å²) in [5, 5.41) is 10.9. The lowest BCUT2D eigenvalue weighted by molar-refractivity contribution is -0.137. The van der Waals surface area contributed by atoms with Crippen LogP contribution in [0.1, 0.15) is 15.9 Å². The minimum Gasteiger partial charge on any atom is -0.424 e. The number of benzene rings is 3. The van der Waals surface area contributed by atoms with E-state index in [1.165, 1.54) is 0 Å². The fourth-order valence-corrected chi connectivity index (χ4v) is 3.80. The maximum absolute atomic E-state index is 12.1. The van der Waals surface area contributed by atoms with Crippen LogP contribution < -0.4 is 10.5 Å². The van der Waals surface area contributed by atoms with Gasteiger partial charge in [-0.15, -0.1) is 0 Å². The molecular formula is C22H17ClN2O4. The van der Waals surface area contributed by atoms with Crippen molar-refractivity contribution in [3.63, 3.8) is 0 Å². The van der Waals surface area contributed by atoms with Crippen LogP contribution in [0.4, 0.5) is 0 Å². The molecule has 0 atom stereocenters. The number of aliphatic hydroxyl groups excluding tert-OH is 1. The van der Waals surface area contributed by atoms with Crippen molar-refractivity contribution in [2.24, 2.45) is 5.73 Å². The van der Waals surface area contributed by atoms with Crippen molar-refractivity contribution in [1.29, 1.82) is 0 Å². The molecule has 6 nitrogen and oxygen atoms in total. The number of carbonyl (C=O) groups is 2. The predicted octanol–water partition coefficient (Wildman–Crippen LogP) is 3.49. The molecule has 0 fully saturated rings. The number of aliphatic hydroxyl groups is 1. The van der Waals surface area contributed by atoms with Gasteiger partial charge in [0.1, 0.15) is 12.4 Å². The number of nitrogens with two attached hydrogens (primary N) is 1. The summed E-state index contributed by atoms with van der Waals surface area (Å²) < 4.78 is 7.34. The molecule has 0 aliphatic heterocycles. The van der Waals surface area contributed by atoms with Crippen LogP contribution in [-0.2, 0) is 11.3 Å². The summed E-state index contributed by atoms with van der Waals surface area (Å²) in [4.78, 5) is 23.8. The van der Waals surface area contributed by atoms with Gasteiger partial charge in [0, 0.05) is 22.5 Å². The number of nitrogens with zero attached hydrogens (tertiary/aromatic N) is 1. The number of hydrogen-bond acceptors (Lipinski definition) is 4. The maximum atomic E-state index is 12.1. The number of hydrogen-bond donors (Lipinski definition) is 2. The third kappa shape index (κ3) is 3.44. The smallest absolute Gasteiger partial charge is 0.337 e. The van der Waals surface area contributed by atoms with Gasteiger partial charge in [0.15, 0.2) is 0 Å². The summed E-state index contributed by atoms with van der Waals surface area (Å²) in [6, 6.07) is 18.0. The average Bonchev–Trinajstić information content (AvgIpc) is 3.02. The van der Waals surface area contributed by atoms with E-state index in [1.54, 1.807) is 30.3 Å². The first-order valence-corrected chi connectivity index (χ1v) is 9.27. The summed E-state index contributed by atoms with van der Waals surface area (Å²) in [6.07, 6.45) is 0. The maximum Gasteiger partial charge on any atom is 0.337 e. The Morgan fingerprint density at radius 2 is 1.69 bits per heavy atom. The van der Waals surface area contributed by atoms with Gasteiger partial charge >= 0.3 is 5.97 Å². The number of halogens is 1. The van der Waals surface area contributed by atoms with Gasteiger partial charge in [0.05, 0.1) is 16.4 Å². The molecule has 0 radical (unpaired) electrons. The van der Waals surface area contributed by atoms with E-state index in [0.717, 1.165) is 16.6 Å². The molecule has 0 saturated heterocycles. The fraction of sp³-hybridized carbons (Fsp3) is 0.0909. The van der Waals surface area contributed by atoms with E-state index in [2.05, 4.69) is 0 Å². The number of primary amides is 1. The van der Waals surface area contributed by atoms with Crippen LogP contribution >= 0.6 is 11.6 Å². The number of ether oxygens (including phenoxy) is 1. The molecule has 3 aromatic carbocycles. The molecule has 0 aliphatic carbocycles. The summed E-state index contributed by atoms with van der Waals surface area (Å²) in [5.74, 6) is -1.12. The Bertz CT molecular complexity index is 1260. The normalized spacial score (nSPS) is 11.1. The topological polar surface area (TPSA) is 94.6 Å². The van der Waals surface area contributed by atoms with Crippen LogP contribution in [0.3, 0.4) is 0 Å². The lowest BCUT2D eigenvalue weighted by Gasteiger charge is -2.09. The zero-order valence-electron chi connectivity index (χ0n) is 15.3. The summed E-state index contributed by atoms with van der Waals surface area (Å²) >= 11 is 6.14. The number of esters is 1. The molecule has 0 spiro atoms. The lowest BCUT2D eigenvalue weighted by Crippen LogP contribution is -2.13. The van der Waals surface area contributed by atoms with Crippen LogP contribution in [0.2, 0.25) is 5.02 Å². The number of amides is 1. The van der Waals surface area contributed by atoms with Gasteiger partial charge in [-0.1, -0.05) is 35.9 Å². The second-order valence-corrected chi connectivity index (χ2v) is 7.00. The molecule has 3 N–H and O–H groups in total. The van der Waals surface area contributed by atoms with Gasteiger partial charge in [-0.05, 0) is 42.0 Å². The van der Waals surface area contributed by atoms with Crippen molar-refractivity contribution in [3.8, 4) is 5.75 Å². The van der Waals surface area contributed by atoms with Gasteiger partial charge in [0.25, 0.3) is 0 Å². The lowest BCUT2D eigenvalue weighted by atomic mass is 10.1. The van der Waals surface area contributed by atoms with Gasteiger partial charge in [-0.25, -0.2) is 4.79 Å². The first kappa shape index (κ1) is 19.0. The van der Waals surface area contributed by atoms with Gasteiger partial charge in [-0.2, -0.15) is 0 Å². The monoisotopic (exact) mass is 408 g/mol. The summed E-state index contributed by atoms with van der Waals surface area (Å²) in [6.45, 7) is -0.263. The van der Waals surface area contributed by atoms with E-state index in [9.17, 15) is 9.59 Å². The van der Waals surface area contributed by atoms with Crippen molar-refractivity contribution in [2.45, 2.75) is 6.54 Å². The van der Waals surface area contributed by atoms with Crippen molar-refractivity contribution in [2.75, 3.05) is 6.61 Å². The molecular weight excluding hydrogens is 392 g/mol. The number of carbonyl (C=O) groups excluding carboxylic acids is 2. The highest BCUT2D eigenvalue weighted by Crippen LogP contribution is 2.38. The number of fused-ring (bicyclic) bond motifs is 3. The van der Waals surface area contributed by atoms with Crippen molar-refractivity contribution < 1.29 is 19.4 Å². The van der Waals surface area contributed by atoms with Crippen LogP contribution in [0.25, 0.3) is 21.8 Å². The van der Waals surface area contributed by atoms with Crippen molar-refractivity contribution >= 4 is 45.3 Å². The number of aromatic nitrogens is 1. The van der Waals surface area contributed by atoms with Gasteiger partial charge in [-0.3, -0.25) is 4.79 Å². The zero-order chi connectivity index (χ0) is 20.5. The van der Waals surface area contributed by atoms with E-state index in [-0.39, 0.29) is 5.75 Å². The predicted molar refractivity (Wildman–Crippen MR) is 111 cm³/mol. The largest absolute Gasteiger partial charge is 0.424 e. The van der Waals surface area contributed by atoms with Crippen molar-refractivity contribution in [1.82, 2.24) is 4.57 Å². The quantitative estimate of drug-likeness (QED) is 0.390. The van der Waals surface area contributed by atoms with E-state index in [4.69, 9.17) is 27.2 Å². The SMILES string of the molecule is NC(=O)c1cccc2c1c1c(OC(=O)CO)cccc1n2Cc1cccc(Cl)c1. The molecule has 146 valence electrons. The van der Waals surface area contributed by atoms with Crippen molar-refractivity contribution in [3.05, 3.63) is 76.8 Å². The van der Waals surface area contributed by atoms with Crippen LogP contribution in [0, 0.1) is 0 Å². The highest BCUT2D eigenvalue weighted by molar-refractivity contribution is 6.30. The molecule has 0 bridgehead atoms. The minimum atomic E-state index is -0.787. The first-order valence-electron chi connectivity index (χ1n) is 8.89. The summed E-state index contributed by atoms with van der Waals surface area (Å²) in [7, 11) is 0. The van der Waals surface area contributed by atoms with E-state index in [0.29, 0.717) is 27.9 Å². The second kappa shape index (κ2) is 7.58. The molecule has 0 saturated carbocycles. The Kier molecular flexibility index (Phi) is 4.96.